The summed E-state index contributed by atoms with van der Waals surface area (Å²) < 4.78 is 9.71. The average Bonchev–Trinajstić information content (AvgIpc) is 2.23. The van der Waals surface area contributed by atoms with Crippen molar-refractivity contribution in [1.29, 1.82) is 0 Å². The van der Waals surface area contributed by atoms with Crippen molar-refractivity contribution >= 4 is 87.2 Å². The smallest absolute Gasteiger partial charge is 0.166 e. The summed E-state index contributed by atoms with van der Waals surface area (Å²) in [4.78, 5) is 15.9. The van der Waals surface area contributed by atoms with Crippen LogP contribution in [0.1, 0.15) is 0 Å². The monoisotopic (exact) mass is 1120 g/mol. The lowest BCUT2D eigenvalue weighted by Gasteiger charge is -2.17. The van der Waals surface area contributed by atoms with Gasteiger partial charge in [-0.3, -0.25) is 0 Å². The number of hydrogen-bond acceptors (Lipinski definition) is 3. The second-order valence-corrected chi connectivity index (χ2v) is 22.7. The number of benzene rings is 13. The van der Waals surface area contributed by atoms with Gasteiger partial charge in [-0.25, -0.2) is 15.0 Å². The molecule has 0 aliphatic rings. The molecule has 0 unspecified atom stereocenters. The average molecular weight is 1120 g/mol. The van der Waals surface area contributed by atoms with Crippen molar-refractivity contribution in [1.82, 2.24) is 33.2 Å². The van der Waals surface area contributed by atoms with E-state index in [4.69, 9.17) is 15.0 Å². The topological polar surface area (TPSA) is 58.4 Å². The van der Waals surface area contributed by atoms with Crippen molar-refractivity contribution < 1.29 is 0 Å². The molecule has 410 valence electrons. The Labute approximate surface area is 506 Å². The first kappa shape index (κ1) is 49.5. The zero-order valence-corrected chi connectivity index (χ0v) is 47.6. The van der Waals surface area contributed by atoms with E-state index in [2.05, 4.69) is 291 Å². The van der Waals surface area contributed by atoms with Crippen LogP contribution >= 0.6 is 0 Å². The summed E-state index contributed by atoms with van der Waals surface area (Å²) >= 11 is 0. The molecule has 0 bridgehead atoms. The van der Waals surface area contributed by atoms with Gasteiger partial charge in [-0.1, -0.05) is 218 Å². The molecule has 5 aromatic heterocycles. The summed E-state index contributed by atoms with van der Waals surface area (Å²) in [5.74, 6) is 1.79. The fourth-order valence-corrected chi connectivity index (χ4v) is 13.9. The Balaban J connectivity index is 0.849. The van der Waals surface area contributed by atoms with Crippen molar-refractivity contribution in [3.8, 4) is 79.2 Å². The van der Waals surface area contributed by atoms with E-state index in [1.54, 1.807) is 0 Å². The molecular formula is C81H51N7. The summed E-state index contributed by atoms with van der Waals surface area (Å²) in [6.45, 7) is 0. The van der Waals surface area contributed by atoms with Crippen LogP contribution in [-0.4, -0.2) is 33.2 Å². The van der Waals surface area contributed by atoms with Gasteiger partial charge in [-0.2, -0.15) is 0 Å². The highest BCUT2D eigenvalue weighted by Crippen LogP contribution is 2.44. The van der Waals surface area contributed by atoms with E-state index in [0.29, 0.717) is 17.5 Å². The van der Waals surface area contributed by atoms with Crippen LogP contribution in [0.2, 0.25) is 0 Å². The summed E-state index contributed by atoms with van der Waals surface area (Å²) in [6.07, 6.45) is 0. The van der Waals surface area contributed by atoms with E-state index >= 15 is 0 Å². The molecule has 0 radical (unpaired) electrons. The second-order valence-electron chi connectivity index (χ2n) is 22.7. The van der Waals surface area contributed by atoms with E-state index in [-0.39, 0.29) is 0 Å². The third kappa shape index (κ3) is 7.74. The Morgan fingerprint density at radius 3 is 1.07 bits per heavy atom. The van der Waals surface area contributed by atoms with Gasteiger partial charge in [0.2, 0.25) is 0 Å². The fraction of sp³-hybridized carbons (Fsp3) is 0. The minimum Gasteiger partial charge on any atom is -0.309 e. The quantitative estimate of drug-likeness (QED) is 0.145. The van der Waals surface area contributed by atoms with Crippen LogP contribution in [0.4, 0.5) is 0 Å². The molecule has 18 rings (SSSR count). The highest BCUT2D eigenvalue weighted by atomic mass is 15.1. The largest absolute Gasteiger partial charge is 0.309 e. The van der Waals surface area contributed by atoms with Crippen molar-refractivity contribution in [2.45, 2.75) is 0 Å². The lowest BCUT2D eigenvalue weighted by atomic mass is 9.99. The van der Waals surface area contributed by atoms with E-state index in [1.807, 2.05) is 36.4 Å². The summed E-state index contributed by atoms with van der Waals surface area (Å²) in [5.41, 5.74) is 20.5. The zero-order chi connectivity index (χ0) is 57.8. The minimum atomic E-state index is 0.579. The third-order valence-corrected chi connectivity index (χ3v) is 17.8. The molecule has 0 N–H and O–H groups in total. The molecule has 0 saturated carbocycles. The van der Waals surface area contributed by atoms with Gasteiger partial charge in [0, 0.05) is 71.2 Å². The Morgan fingerprint density at radius 2 is 0.545 bits per heavy atom. The summed E-state index contributed by atoms with van der Waals surface area (Å²) in [5, 5.41) is 9.61. The Kier molecular flexibility index (Phi) is 11.2. The number of rotatable bonds is 9. The van der Waals surface area contributed by atoms with Crippen LogP contribution in [0.15, 0.2) is 309 Å². The summed E-state index contributed by atoms with van der Waals surface area (Å²) in [6, 6.07) is 111. The molecule has 0 saturated heterocycles. The summed E-state index contributed by atoms with van der Waals surface area (Å²) in [7, 11) is 0. The van der Waals surface area contributed by atoms with Crippen molar-refractivity contribution in [2.75, 3.05) is 0 Å². The first-order chi connectivity index (χ1) is 43.7. The molecule has 7 nitrogen and oxygen atoms in total. The number of aromatic nitrogens is 7. The zero-order valence-electron chi connectivity index (χ0n) is 47.6. The van der Waals surface area contributed by atoms with E-state index in [0.717, 1.165) is 106 Å². The molecule has 0 amide bonds. The predicted molar refractivity (Wildman–Crippen MR) is 364 cm³/mol. The first-order valence-corrected chi connectivity index (χ1v) is 29.9. The molecule has 7 heteroatoms. The molecule has 88 heavy (non-hydrogen) atoms. The molecule has 0 aliphatic heterocycles. The van der Waals surface area contributed by atoms with Gasteiger partial charge in [0.05, 0.1) is 55.5 Å². The second kappa shape index (κ2) is 19.8. The van der Waals surface area contributed by atoms with Crippen LogP contribution in [0, 0.1) is 0 Å². The lowest BCUT2D eigenvalue weighted by molar-refractivity contribution is 1.06. The molecule has 18 aromatic rings. The maximum absolute atomic E-state index is 5.40. The van der Waals surface area contributed by atoms with Gasteiger partial charge in [0.25, 0.3) is 0 Å². The van der Waals surface area contributed by atoms with Crippen LogP contribution in [0.5, 0.6) is 0 Å². The Hall–Kier alpha value is -11.9. The van der Waals surface area contributed by atoms with Crippen molar-refractivity contribution in [3.63, 3.8) is 0 Å². The molecule has 0 atom stereocenters. The standard InChI is InChI=1S/C81H51N7/c1-3-22-52(23-4-1)79-82-80(53-24-5-2-6-25-53)84-81(83-79)67-47-45-57(51-77(67)88-73-41-18-12-35-66(73)78-74(42-21-43-75(78)88)87-71-39-16-10-32-62(71)63-33-11-17-40-72(63)87)56-44-46-65-64-34-9-15-38-70(64)86(76(65)50-56)59-29-20-27-55(49-59)54-26-19-28-58(48-54)85-68-36-13-7-30-60(68)61-31-8-14-37-69(61)85/h1-51H. The van der Waals surface area contributed by atoms with Gasteiger partial charge in [-0.05, 0) is 113 Å². The predicted octanol–water partition coefficient (Wildman–Crippen LogP) is 20.6. The van der Waals surface area contributed by atoms with E-state index < -0.39 is 0 Å². The molecule has 0 aliphatic carbocycles. The Morgan fingerprint density at radius 1 is 0.193 bits per heavy atom. The van der Waals surface area contributed by atoms with Crippen molar-refractivity contribution in [3.05, 3.63) is 309 Å². The molecule has 0 fully saturated rings. The SMILES string of the molecule is c1ccc(-c2nc(-c3ccccc3)nc(-c3ccc(-c4ccc5c6ccccc6n(-c6cccc(-c7cccc(-n8c9ccccc9c9ccccc98)c7)c6)c5c4)cc3-n3c4ccccc4c4c(-n5c6ccccc6c6ccccc65)cccc43)n2)cc1. The van der Waals surface area contributed by atoms with Gasteiger partial charge in [0.1, 0.15) is 0 Å². The maximum atomic E-state index is 5.40. The highest BCUT2D eigenvalue weighted by Gasteiger charge is 2.24. The van der Waals surface area contributed by atoms with Crippen LogP contribution in [-0.2, 0) is 0 Å². The fourth-order valence-electron chi connectivity index (χ4n) is 13.9. The number of hydrogen-bond donors (Lipinski definition) is 0. The minimum absolute atomic E-state index is 0.579. The normalized spacial score (nSPS) is 11.9. The van der Waals surface area contributed by atoms with Gasteiger partial charge in [0.15, 0.2) is 17.5 Å². The Bertz CT molecular complexity index is 5660. The van der Waals surface area contributed by atoms with Gasteiger partial charge >= 0.3 is 0 Å². The van der Waals surface area contributed by atoms with Crippen LogP contribution in [0.25, 0.3) is 166 Å². The molecule has 5 heterocycles. The number of nitrogens with zero attached hydrogens (tertiary/aromatic N) is 7. The van der Waals surface area contributed by atoms with E-state index in [9.17, 15) is 0 Å². The molecule has 0 spiro atoms. The maximum Gasteiger partial charge on any atom is 0.166 e. The first-order valence-electron chi connectivity index (χ1n) is 29.9. The third-order valence-electron chi connectivity index (χ3n) is 17.8. The molecular weight excluding hydrogens is 1070 g/mol. The van der Waals surface area contributed by atoms with Gasteiger partial charge < -0.3 is 18.3 Å². The lowest BCUT2D eigenvalue weighted by Crippen LogP contribution is -2.04. The number of para-hydroxylation sites is 6. The van der Waals surface area contributed by atoms with Crippen molar-refractivity contribution in [2.24, 2.45) is 0 Å². The van der Waals surface area contributed by atoms with Crippen LogP contribution in [0.3, 0.4) is 0 Å². The number of fused-ring (bicyclic) bond motifs is 12. The van der Waals surface area contributed by atoms with Gasteiger partial charge in [-0.15, -0.1) is 0 Å². The van der Waals surface area contributed by atoms with Crippen LogP contribution < -0.4 is 0 Å². The highest BCUT2D eigenvalue weighted by molar-refractivity contribution is 6.17. The van der Waals surface area contributed by atoms with E-state index in [1.165, 1.54) is 43.4 Å². The molecule has 13 aromatic carbocycles.